The summed E-state index contributed by atoms with van der Waals surface area (Å²) < 4.78 is 39.5. The van der Waals surface area contributed by atoms with Gasteiger partial charge >= 0.3 is 5.97 Å². The molecule has 1 aliphatic rings. The van der Waals surface area contributed by atoms with Crippen molar-refractivity contribution in [2.75, 3.05) is 0 Å². The van der Waals surface area contributed by atoms with Crippen molar-refractivity contribution in [2.24, 2.45) is 0 Å². The topological polar surface area (TPSA) is 49.3 Å². The zero-order valence-electron chi connectivity index (χ0n) is 9.42. The van der Waals surface area contributed by atoms with Crippen LogP contribution in [0.4, 0.5) is 13.2 Å². The maximum atomic E-state index is 13.6. The van der Waals surface area contributed by atoms with Gasteiger partial charge in [-0.1, -0.05) is 6.07 Å². The fourth-order valence-electron chi connectivity index (χ4n) is 2.19. The molecule has 98 valence electrons. The second-order valence-corrected chi connectivity index (χ2v) is 4.31. The molecular weight excluding hydrogens is 247 g/mol. The van der Waals surface area contributed by atoms with Gasteiger partial charge in [0.2, 0.25) is 0 Å². The Hall–Kier alpha value is -1.56. The lowest BCUT2D eigenvalue weighted by Gasteiger charge is -2.29. The third-order valence-electron chi connectivity index (χ3n) is 3.13. The Bertz CT molecular complexity index is 479. The molecule has 0 amide bonds. The molecule has 1 aromatic carbocycles. The fourth-order valence-corrected chi connectivity index (χ4v) is 2.19. The van der Waals surface area contributed by atoms with Crippen molar-refractivity contribution in [2.45, 2.75) is 31.3 Å². The number of piperidine rings is 1. The standard InChI is InChI=1S/C12H12F3NO2/c13-7-5-4-6(10(14)11(7)15)8-2-1-3-9(16-8)12(17)18/h4-5,8-9,16H,1-3H2,(H,17,18). The summed E-state index contributed by atoms with van der Waals surface area (Å²) >= 11 is 0. The van der Waals surface area contributed by atoms with Crippen molar-refractivity contribution in [1.82, 2.24) is 5.32 Å². The Balaban J connectivity index is 2.26. The first-order valence-corrected chi connectivity index (χ1v) is 5.63. The second kappa shape index (κ2) is 4.97. The van der Waals surface area contributed by atoms with Gasteiger partial charge < -0.3 is 5.11 Å². The molecule has 1 saturated heterocycles. The molecule has 0 radical (unpaired) electrons. The van der Waals surface area contributed by atoms with Crippen LogP contribution in [0.1, 0.15) is 30.9 Å². The quantitative estimate of drug-likeness (QED) is 0.802. The van der Waals surface area contributed by atoms with Gasteiger partial charge in [-0.25, -0.2) is 13.2 Å². The Morgan fingerprint density at radius 3 is 2.61 bits per heavy atom. The number of aliphatic carboxylic acids is 1. The summed E-state index contributed by atoms with van der Waals surface area (Å²) in [7, 11) is 0. The maximum Gasteiger partial charge on any atom is 0.320 e. The number of carboxylic acids is 1. The van der Waals surface area contributed by atoms with Crippen molar-refractivity contribution >= 4 is 5.97 Å². The minimum absolute atomic E-state index is 0.0279. The van der Waals surface area contributed by atoms with Gasteiger partial charge in [0.15, 0.2) is 17.5 Å². The van der Waals surface area contributed by atoms with E-state index in [1.165, 1.54) is 0 Å². The molecule has 1 aromatic rings. The van der Waals surface area contributed by atoms with Gasteiger partial charge in [0, 0.05) is 11.6 Å². The molecule has 2 rings (SSSR count). The molecule has 0 aromatic heterocycles. The Kier molecular flexibility index (Phi) is 3.56. The van der Waals surface area contributed by atoms with E-state index in [0.29, 0.717) is 19.3 Å². The average molecular weight is 259 g/mol. The molecule has 2 unspecified atom stereocenters. The van der Waals surface area contributed by atoms with E-state index < -0.39 is 35.5 Å². The van der Waals surface area contributed by atoms with Crippen molar-refractivity contribution in [1.29, 1.82) is 0 Å². The van der Waals surface area contributed by atoms with Crippen molar-refractivity contribution in [3.05, 3.63) is 35.1 Å². The van der Waals surface area contributed by atoms with Gasteiger partial charge in [-0.3, -0.25) is 10.1 Å². The zero-order valence-corrected chi connectivity index (χ0v) is 9.42. The lowest BCUT2D eigenvalue weighted by atomic mass is 9.93. The Labute approximate surface area is 102 Å². The van der Waals surface area contributed by atoms with E-state index in [2.05, 4.69) is 5.32 Å². The van der Waals surface area contributed by atoms with Crippen LogP contribution in [-0.2, 0) is 4.79 Å². The van der Waals surface area contributed by atoms with Crippen LogP contribution in [0.2, 0.25) is 0 Å². The molecule has 0 saturated carbocycles. The number of benzene rings is 1. The summed E-state index contributed by atoms with van der Waals surface area (Å²) in [6.07, 6.45) is 1.52. The van der Waals surface area contributed by atoms with E-state index in [1.54, 1.807) is 0 Å². The second-order valence-electron chi connectivity index (χ2n) is 4.31. The number of nitrogens with one attached hydrogen (secondary N) is 1. The van der Waals surface area contributed by atoms with Crippen LogP contribution >= 0.6 is 0 Å². The normalized spacial score (nSPS) is 23.9. The molecule has 0 bridgehead atoms. The number of hydrogen-bond donors (Lipinski definition) is 2. The first-order chi connectivity index (χ1) is 8.50. The van der Waals surface area contributed by atoms with E-state index in [0.717, 1.165) is 12.1 Å². The Morgan fingerprint density at radius 1 is 1.22 bits per heavy atom. The molecule has 2 N–H and O–H groups in total. The molecule has 1 heterocycles. The molecule has 2 atom stereocenters. The molecule has 6 heteroatoms. The maximum absolute atomic E-state index is 13.6. The number of rotatable bonds is 2. The van der Waals surface area contributed by atoms with Crippen molar-refractivity contribution in [3.63, 3.8) is 0 Å². The lowest BCUT2D eigenvalue weighted by molar-refractivity contribution is -0.140. The minimum Gasteiger partial charge on any atom is -0.480 e. The SMILES string of the molecule is O=C(O)C1CCCC(c2ccc(F)c(F)c2F)N1. The largest absolute Gasteiger partial charge is 0.480 e. The average Bonchev–Trinajstić information content (AvgIpc) is 2.36. The van der Waals surface area contributed by atoms with Gasteiger partial charge in [0.25, 0.3) is 0 Å². The third kappa shape index (κ3) is 2.33. The molecule has 3 nitrogen and oxygen atoms in total. The Morgan fingerprint density at radius 2 is 1.94 bits per heavy atom. The summed E-state index contributed by atoms with van der Waals surface area (Å²) in [5.74, 6) is -5.05. The lowest BCUT2D eigenvalue weighted by Crippen LogP contribution is -2.42. The van der Waals surface area contributed by atoms with Crippen molar-refractivity contribution in [3.8, 4) is 0 Å². The highest BCUT2D eigenvalue weighted by atomic mass is 19.2. The van der Waals surface area contributed by atoms with Crippen LogP contribution in [-0.4, -0.2) is 17.1 Å². The van der Waals surface area contributed by atoms with E-state index in [1.807, 2.05) is 0 Å². The summed E-state index contributed by atoms with van der Waals surface area (Å²) in [5, 5.41) is 11.6. The summed E-state index contributed by atoms with van der Waals surface area (Å²) in [4.78, 5) is 10.8. The van der Waals surface area contributed by atoms with Gasteiger partial charge in [-0.2, -0.15) is 0 Å². The molecule has 0 spiro atoms. The molecule has 18 heavy (non-hydrogen) atoms. The number of carbonyl (C=O) groups is 1. The number of halogens is 3. The third-order valence-corrected chi connectivity index (χ3v) is 3.13. The monoisotopic (exact) mass is 259 g/mol. The first kappa shape index (κ1) is 12.9. The number of carboxylic acid groups (broad SMARTS) is 1. The fraction of sp³-hybridized carbons (Fsp3) is 0.417. The summed E-state index contributed by atoms with van der Waals surface area (Å²) in [5.41, 5.74) is -0.0279. The summed E-state index contributed by atoms with van der Waals surface area (Å²) in [6, 6.07) is 0.612. The zero-order chi connectivity index (χ0) is 13.3. The van der Waals surface area contributed by atoms with E-state index >= 15 is 0 Å². The molecule has 0 aliphatic carbocycles. The highest BCUT2D eigenvalue weighted by Gasteiger charge is 2.29. The predicted octanol–water partition coefficient (Wildman–Crippen LogP) is 2.37. The number of hydrogen-bond acceptors (Lipinski definition) is 2. The molecular formula is C12H12F3NO2. The van der Waals surface area contributed by atoms with Gasteiger partial charge in [-0.05, 0) is 25.3 Å². The van der Waals surface area contributed by atoms with E-state index in [9.17, 15) is 18.0 Å². The van der Waals surface area contributed by atoms with Crippen LogP contribution in [0.15, 0.2) is 12.1 Å². The van der Waals surface area contributed by atoms with Crippen LogP contribution in [0.25, 0.3) is 0 Å². The first-order valence-electron chi connectivity index (χ1n) is 5.63. The summed E-state index contributed by atoms with van der Waals surface area (Å²) in [6.45, 7) is 0. The van der Waals surface area contributed by atoms with Crippen molar-refractivity contribution < 1.29 is 23.1 Å². The molecule has 1 aliphatic heterocycles. The van der Waals surface area contributed by atoms with Crippen LogP contribution in [0, 0.1) is 17.5 Å². The van der Waals surface area contributed by atoms with Crippen LogP contribution < -0.4 is 5.32 Å². The van der Waals surface area contributed by atoms with Gasteiger partial charge in [0.05, 0.1) is 0 Å². The van der Waals surface area contributed by atoms with E-state index in [-0.39, 0.29) is 5.56 Å². The highest BCUT2D eigenvalue weighted by Crippen LogP contribution is 2.29. The van der Waals surface area contributed by atoms with Crippen LogP contribution in [0.3, 0.4) is 0 Å². The minimum atomic E-state index is -1.52. The van der Waals surface area contributed by atoms with Gasteiger partial charge in [-0.15, -0.1) is 0 Å². The van der Waals surface area contributed by atoms with Crippen LogP contribution in [0.5, 0.6) is 0 Å². The smallest absolute Gasteiger partial charge is 0.320 e. The predicted molar refractivity (Wildman–Crippen MR) is 57.5 cm³/mol. The van der Waals surface area contributed by atoms with E-state index in [4.69, 9.17) is 5.11 Å². The molecule has 1 fully saturated rings. The highest BCUT2D eigenvalue weighted by molar-refractivity contribution is 5.73. The van der Waals surface area contributed by atoms with Gasteiger partial charge in [0.1, 0.15) is 6.04 Å².